The van der Waals surface area contributed by atoms with Gasteiger partial charge in [0.1, 0.15) is 23.3 Å². The van der Waals surface area contributed by atoms with Gasteiger partial charge in [0.2, 0.25) is 0 Å². The van der Waals surface area contributed by atoms with E-state index in [-0.39, 0.29) is 0 Å². The van der Waals surface area contributed by atoms with E-state index in [0.29, 0.717) is 6.54 Å². The van der Waals surface area contributed by atoms with Crippen molar-refractivity contribution in [3.8, 4) is 0 Å². The zero-order chi connectivity index (χ0) is 14.8. The van der Waals surface area contributed by atoms with Crippen LogP contribution in [0.1, 0.15) is 29.6 Å². The summed E-state index contributed by atoms with van der Waals surface area (Å²) in [6.07, 6.45) is 4.44. The summed E-state index contributed by atoms with van der Waals surface area (Å²) in [4.78, 5) is 11.0. The Balaban J connectivity index is 1.87. The molecule has 3 heterocycles. The van der Waals surface area contributed by atoms with Crippen LogP contribution in [-0.4, -0.2) is 24.7 Å². The van der Waals surface area contributed by atoms with Gasteiger partial charge in [0.25, 0.3) is 0 Å². The minimum Gasteiger partial charge on any atom is -0.362 e. The van der Waals surface area contributed by atoms with Crippen molar-refractivity contribution in [3.63, 3.8) is 0 Å². The molecule has 0 saturated carbocycles. The number of nitrogens with one attached hydrogen (secondary N) is 1. The fraction of sp³-hybridized carbons (Fsp3) is 0.429. The second-order valence-electron chi connectivity index (χ2n) is 4.98. The van der Waals surface area contributed by atoms with Crippen LogP contribution < -0.4 is 5.32 Å². The van der Waals surface area contributed by atoms with E-state index in [0.717, 1.165) is 34.8 Å². The standard InChI is InChI=1S/C14H18N6S/c1-4-5-20-8-18-19-11(20)6-15-13-12-9(2)10(3)21-14(12)17-7-16-13/h7-8H,4-6H2,1-3H3,(H,15,16,17). The summed E-state index contributed by atoms with van der Waals surface area (Å²) in [5, 5.41) is 12.6. The van der Waals surface area contributed by atoms with Gasteiger partial charge in [-0.1, -0.05) is 6.92 Å². The van der Waals surface area contributed by atoms with Crippen LogP contribution in [-0.2, 0) is 13.1 Å². The number of anilines is 1. The number of aryl methyl sites for hydroxylation is 3. The van der Waals surface area contributed by atoms with E-state index in [1.807, 2.05) is 0 Å². The lowest BCUT2D eigenvalue weighted by molar-refractivity contribution is 0.643. The van der Waals surface area contributed by atoms with E-state index in [4.69, 9.17) is 0 Å². The monoisotopic (exact) mass is 302 g/mol. The van der Waals surface area contributed by atoms with Crippen molar-refractivity contribution in [2.75, 3.05) is 5.32 Å². The average Bonchev–Trinajstić information content (AvgIpc) is 3.03. The van der Waals surface area contributed by atoms with E-state index in [1.54, 1.807) is 24.0 Å². The van der Waals surface area contributed by atoms with E-state index in [2.05, 4.69) is 50.8 Å². The van der Waals surface area contributed by atoms with Crippen LogP contribution >= 0.6 is 11.3 Å². The minimum absolute atomic E-state index is 0.612. The first-order valence-electron chi connectivity index (χ1n) is 7.02. The molecule has 6 nitrogen and oxygen atoms in total. The Labute approximate surface area is 127 Å². The summed E-state index contributed by atoms with van der Waals surface area (Å²) in [6.45, 7) is 7.91. The van der Waals surface area contributed by atoms with Gasteiger partial charge in [-0.05, 0) is 25.8 Å². The SMILES string of the molecule is CCCn1cnnc1CNc1ncnc2sc(C)c(C)c12. The molecule has 0 saturated heterocycles. The second kappa shape index (κ2) is 5.77. The molecule has 0 aliphatic heterocycles. The molecule has 3 aromatic rings. The second-order valence-corrected chi connectivity index (χ2v) is 6.18. The van der Waals surface area contributed by atoms with Crippen molar-refractivity contribution >= 4 is 27.4 Å². The molecule has 0 aliphatic carbocycles. The maximum absolute atomic E-state index is 4.38. The van der Waals surface area contributed by atoms with Gasteiger partial charge in [-0.2, -0.15) is 0 Å². The molecular formula is C14H18N6S. The van der Waals surface area contributed by atoms with Crippen LogP contribution in [0.4, 0.5) is 5.82 Å². The average molecular weight is 302 g/mol. The number of hydrogen-bond acceptors (Lipinski definition) is 6. The molecule has 0 amide bonds. The Bertz CT molecular complexity index is 760. The highest BCUT2D eigenvalue weighted by Gasteiger charge is 2.12. The predicted octanol–water partition coefficient (Wildman–Crippen LogP) is 2.92. The molecule has 0 bridgehead atoms. The number of hydrogen-bond donors (Lipinski definition) is 1. The first-order valence-corrected chi connectivity index (χ1v) is 7.83. The summed E-state index contributed by atoms with van der Waals surface area (Å²) >= 11 is 1.70. The largest absolute Gasteiger partial charge is 0.362 e. The molecule has 0 fully saturated rings. The molecule has 0 unspecified atom stereocenters. The van der Waals surface area contributed by atoms with Gasteiger partial charge in [0.05, 0.1) is 11.9 Å². The zero-order valence-electron chi connectivity index (χ0n) is 12.4. The van der Waals surface area contributed by atoms with Crippen molar-refractivity contribution < 1.29 is 0 Å². The zero-order valence-corrected chi connectivity index (χ0v) is 13.2. The van der Waals surface area contributed by atoms with Crippen LogP contribution in [0.2, 0.25) is 0 Å². The van der Waals surface area contributed by atoms with Crippen LogP contribution in [0, 0.1) is 13.8 Å². The van der Waals surface area contributed by atoms with Crippen molar-refractivity contribution in [2.45, 2.75) is 40.3 Å². The van der Waals surface area contributed by atoms with Crippen LogP contribution in [0.5, 0.6) is 0 Å². The lowest BCUT2D eigenvalue weighted by atomic mass is 10.2. The number of nitrogens with zero attached hydrogens (tertiary/aromatic N) is 5. The molecule has 3 aromatic heterocycles. The van der Waals surface area contributed by atoms with Crippen molar-refractivity contribution in [1.82, 2.24) is 24.7 Å². The molecule has 0 aromatic carbocycles. The smallest absolute Gasteiger partial charge is 0.152 e. The molecule has 3 rings (SSSR count). The molecule has 0 spiro atoms. The first kappa shape index (κ1) is 13.9. The van der Waals surface area contributed by atoms with E-state index in [1.165, 1.54) is 10.4 Å². The molecule has 110 valence electrons. The van der Waals surface area contributed by atoms with Gasteiger partial charge in [-0.15, -0.1) is 21.5 Å². The highest BCUT2D eigenvalue weighted by atomic mass is 32.1. The number of rotatable bonds is 5. The molecule has 0 aliphatic rings. The van der Waals surface area contributed by atoms with Crippen molar-refractivity contribution in [2.24, 2.45) is 0 Å². The van der Waals surface area contributed by atoms with Crippen molar-refractivity contribution in [1.29, 1.82) is 0 Å². The molecule has 21 heavy (non-hydrogen) atoms. The third-order valence-electron chi connectivity index (χ3n) is 3.54. The van der Waals surface area contributed by atoms with E-state index < -0.39 is 0 Å². The molecule has 0 atom stereocenters. The van der Waals surface area contributed by atoms with Crippen LogP contribution in [0.3, 0.4) is 0 Å². The van der Waals surface area contributed by atoms with Gasteiger partial charge >= 0.3 is 0 Å². The Morgan fingerprint density at radius 2 is 2.14 bits per heavy atom. The maximum atomic E-state index is 4.38. The van der Waals surface area contributed by atoms with E-state index >= 15 is 0 Å². The predicted molar refractivity (Wildman–Crippen MR) is 84.5 cm³/mol. The summed E-state index contributed by atoms with van der Waals surface area (Å²) in [6, 6.07) is 0. The number of aromatic nitrogens is 5. The van der Waals surface area contributed by atoms with Crippen LogP contribution in [0.25, 0.3) is 10.2 Å². The summed E-state index contributed by atoms with van der Waals surface area (Å²) < 4.78 is 2.07. The van der Waals surface area contributed by atoms with Gasteiger partial charge in [0, 0.05) is 11.4 Å². The third kappa shape index (κ3) is 2.61. The van der Waals surface area contributed by atoms with Gasteiger partial charge in [0.15, 0.2) is 5.82 Å². The fourth-order valence-corrected chi connectivity index (χ4v) is 3.32. The highest BCUT2D eigenvalue weighted by molar-refractivity contribution is 7.18. The van der Waals surface area contributed by atoms with Gasteiger partial charge < -0.3 is 9.88 Å². The highest BCUT2D eigenvalue weighted by Crippen LogP contribution is 2.32. The molecule has 0 radical (unpaired) electrons. The van der Waals surface area contributed by atoms with E-state index in [9.17, 15) is 0 Å². The lowest BCUT2D eigenvalue weighted by Crippen LogP contribution is -2.09. The quantitative estimate of drug-likeness (QED) is 0.785. The number of fused-ring (bicyclic) bond motifs is 1. The Hall–Kier alpha value is -2.02. The molecular weight excluding hydrogens is 284 g/mol. The fourth-order valence-electron chi connectivity index (χ4n) is 2.32. The van der Waals surface area contributed by atoms with Crippen LogP contribution in [0.15, 0.2) is 12.7 Å². The Morgan fingerprint density at radius 3 is 2.95 bits per heavy atom. The Kier molecular flexibility index (Phi) is 3.83. The topological polar surface area (TPSA) is 68.5 Å². The maximum Gasteiger partial charge on any atom is 0.152 e. The normalized spacial score (nSPS) is 11.2. The lowest BCUT2D eigenvalue weighted by Gasteiger charge is -2.08. The summed E-state index contributed by atoms with van der Waals surface area (Å²) in [5.74, 6) is 1.79. The summed E-state index contributed by atoms with van der Waals surface area (Å²) in [7, 11) is 0. The minimum atomic E-state index is 0.612. The molecule has 7 heteroatoms. The number of thiophene rings is 1. The first-order chi connectivity index (χ1) is 10.2. The summed E-state index contributed by atoms with van der Waals surface area (Å²) in [5.41, 5.74) is 1.24. The van der Waals surface area contributed by atoms with Gasteiger partial charge in [-0.3, -0.25) is 0 Å². The molecule has 1 N–H and O–H groups in total. The Morgan fingerprint density at radius 1 is 1.29 bits per heavy atom. The van der Waals surface area contributed by atoms with Crippen molar-refractivity contribution in [3.05, 3.63) is 28.9 Å². The third-order valence-corrected chi connectivity index (χ3v) is 4.65. The van der Waals surface area contributed by atoms with Gasteiger partial charge in [-0.25, -0.2) is 9.97 Å².